The molecule has 0 aliphatic heterocycles. The number of benzene rings is 1. The Labute approximate surface area is 100 Å². The number of likely N-dealkylation sites (N-methyl/N-ethyl adjacent to an activating group) is 1. The third kappa shape index (κ3) is 3.71. The van der Waals surface area contributed by atoms with Crippen LogP contribution in [0.4, 0.5) is 4.39 Å². The maximum absolute atomic E-state index is 13.3. The largest absolute Gasteiger partial charge is 0.507 e. The van der Waals surface area contributed by atoms with E-state index < -0.39 is 11.7 Å². The maximum Gasteiger partial charge on any atom is 0.258 e. The molecule has 0 fully saturated rings. The molecule has 0 bridgehead atoms. The van der Waals surface area contributed by atoms with Crippen LogP contribution in [-0.4, -0.2) is 42.6 Å². The first-order valence-corrected chi connectivity index (χ1v) is 5.50. The Hall–Kier alpha value is -1.62. The number of hydrogen-bond donors (Lipinski definition) is 2. The van der Waals surface area contributed by atoms with Gasteiger partial charge in [0, 0.05) is 13.1 Å². The van der Waals surface area contributed by atoms with Gasteiger partial charge in [-0.2, -0.15) is 0 Å². The van der Waals surface area contributed by atoms with Crippen molar-refractivity contribution in [3.63, 3.8) is 0 Å². The third-order valence-corrected chi connectivity index (χ3v) is 2.54. The minimum atomic E-state index is -0.716. The summed E-state index contributed by atoms with van der Waals surface area (Å²) in [6, 6.07) is 3.79. The number of amides is 1. The lowest BCUT2D eigenvalue weighted by molar-refractivity contribution is 0.0943. The fourth-order valence-corrected chi connectivity index (χ4v) is 1.34. The summed E-state index contributed by atoms with van der Waals surface area (Å²) in [5, 5.41) is 12.0. The van der Waals surface area contributed by atoms with Gasteiger partial charge in [-0.3, -0.25) is 4.79 Å². The van der Waals surface area contributed by atoms with Crippen molar-refractivity contribution in [1.82, 2.24) is 10.2 Å². The number of carbonyl (C=O) groups excluding carboxylic acids is 1. The van der Waals surface area contributed by atoms with Crippen molar-refractivity contribution in [2.75, 3.05) is 26.7 Å². The van der Waals surface area contributed by atoms with Gasteiger partial charge >= 0.3 is 0 Å². The molecule has 0 unspecified atom stereocenters. The van der Waals surface area contributed by atoms with Gasteiger partial charge in [-0.25, -0.2) is 4.39 Å². The summed E-state index contributed by atoms with van der Waals surface area (Å²) in [4.78, 5) is 13.6. The van der Waals surface area contributed by atoms with Crippen LogP contribution in [0.3, 0.4) is 0 Å². The molecule has 1 aromatic carbocycles. The van der Waals surface area contributed by atoms with Gasteiger partial charge in [0.05, 0.1) is 0 Å². The first kappa shape index (κ1) is 13.4. The molecule has 2 N–H and O–H groups in total. The van der Waals surface area contributed by atoms with E-state index in [4.69, 9.17) is 0 Å². The van der Waals surface area contributed by atoms with E-state index in [0.717, 1.165) is 12.6 Å². The molecule has 0 radical (unpaired) electrons. The standard InChI is InChI=1S/C12H17FN2O2/c1-3-15(2)8-7-14-12(17)11-9(13)5-4-6-10(11)16/h4-6,16H,3,7-8H2,1-2H3,(H,14,17). The first-order valence-electron chi connectivity index (χ1n) is 5.50. The van der Waals surface area contributed by atoms with Crippen molar-refractivity contribution in [2.24, 2.45) is 0 Å². The van der Waals surface area contributed by atoms with E-state index in [2.05, 4.69) is 5.32 Å². The van der Waals surface area contributed by atoms with Crippen molar-refractivity contribution < 1.29 is 14.3 Å². The number of carbonyl (C=O) groups is 1. The van der Waals surface area contributed by atoms with Crippen LogP contribution in [0.1, 0.15) is 17.3 Å². The SMILES string of the molecule is CCN(C)CCNC(=O)c1c(O)cccc1F. The van der Waals surface area contributed by atoms with Crippen LogP contribution in [0.15, 0.2) is 18.2 Å². The van der Waals surface area contributed by atoms with E-state index in [-0.39, 0.29) is 11.3 Å². The Bertz CT molecular complexity index is 376. The third-order valence-electron chi connectivity index (χ3n) is 2.54. The molecule has 94 valence electrons. The van der Waals surface area contributed by atoms with Crippen LogP contribution in [0.25, 0.3) is 0 Å². The van der Waals surface area contributed by atoms with E-state index >= 15 is 0 Å². The molecule has 1 amide bonds. The molecule has 1 rings (SSSR count). The number of rotatable bonds is 5. The van der Waals surface area contributed by atoms with E-state index in [1.54, 1.807) is 0 Å². The molecule has 0 saturated carbocycles. The predicted octanol–water partition coefficient (Wildman–Crippen LogP) is 1.21. The fraction of sp³-hybridized carbons (Fsp3) is 0.417. The second-order valence-corrected chi connectivity index (χ2v) is 3.79. The van der Waals surface area contributed by atoms with E-state index in [0.29, 0.717) is 13.1 Å². The zero-order chi connectivity index (χ0) is 12.8. The lowest BCUT2D eigenvalue weighted by atomic mass is 10.1. The Balaban J connectivity index is 2.59. The molecule has 0 heterocycles. The molecule has 4 nitrogen and oxygen atoms in total. The number of nitrogens with one attached hydrogen (secondary N) is 1. The highest BCUT2D eigenvalue weighted by Crippen LogP contribution is 2.19. The second-order valence-electron chi connectivity index (χ2n) is 3.79. The molecule has 0 atom stereocenters. The number of phenolic OH excluding ortho intramolecular Hbond substituents is 1. The Morgan fingerprint density at radius 1 is 1.53 bits per heavy atom. The molecule has 0 aromatic heterocycles. The van der Waals surface area contributed by atoms with Crippen LogP contribution in [0.2, 0.25) is 0 Å². The van der Waals surface area contributed by atoms with Crippen molar-refractivity contribution in [1.29, 1.82) is 0 Å². The molecular formula is C12H17FN2O2. The molecule has 0 aliphatic rings. The van der Waals surface area contributed by atoms with Crippen LogP contribution < -0.4 is 5.32 Å². The summed E-state index contributed by atoms with van der Waals surface area (Å²) in [7, 11) is 1.92. The monoisotopic (exact) mass is 240 g/mol. The quantitative estimate of drug-likeness (QED) is 0.813. The summed E-state index contributed by atoms with van der Waals surface area (Å²) < 4.78 is 13.3. The smallest absolute Gasteiger partial charge is 0.258 e. The normalized spacial score (nSPS) is 10.6. The summed E-state index contributed by atoms with van der Waals surface area (Å²) in [5.41, 5.74) is -0.299. The highest BCUT2D eigenvalue weighted by Gasteiger charge is 2.15. The number of hydrogen-bond acceptors (Lipinski definition) is 3. The zero-order valence-electron chi connectivity index (χ0n) is 10.0. The number of aromatic hydroxyl groups is 1. The van der Waals surface area contributed by atoms with Crippen molar-refractivity contribution >= 4 is 5.91 Å². The van der Waals surface area contributed by atoms with E-state index in [1.165, 1.54) is 12.1 Å². The Morgan fingerprint density at radius 3 is 2.82 bits per heavy atom. The van der Waals surface area contributed by atoms with Crippen molar-refractivity contribution in [3.8, 4) is 5.75 Å². The summed E-state index contributed by atoms with van der Waals surface area (Å²) >= 11 is 0. The van der Waals surface area contributed by atoms with Crippen LogP contribution >= 0.6 is 0 Å². The van der Waals surface area contributed by atoms with Gasteiger partial charge in [-0.1, -0.05) is 13.0 Å². The van der Waals surface area contributed by atoms with Crippen molar-refractivity contribution in [2.45, 2.75) is 6.92 Å². The molecule has 0 aliphatic carbocycles. The highest BCUT2D eigenvalue weighted by atomic mass is 19.1. The zero-order valence-corrected chi connectivity index (χ0v) is 10.0. The molecule has 0 saturated heterocycles. The molecular weight excluding hydrogens is 223 g/mol. The summed E-state index contributed by atoms with van der Waals surface area (Å²) in [5.74, 6) is -1.65. The van der Waals surface area contributed by atoms with Crippen LogP contribution in [-0.2, 0) is 0 Å². The van der Waals surface area contributed by atoms with Gasteiger partial charge < -0.3 is 15.3 Å². The number of nitrogens with zero attached hydrogens (tertiary/aromatic N) is 1. The Morgan fingerprint density at radius 2 is 2.24 bits per heavy atom. The van der Waals surface area contributed by atoms with Gasteiger partial charge in [0.15, 0.2) is 0 Å². The predicted molar refractivity (Wildman–Crippen MR) is 63.6 cm³/mol. The topological polar surface area (TPSA) is 52.6 Å². The molecule has 0 spiro atoms. The molecule has 5 heteroatoms. The lowest BCUT2D eigenvalue weighted by Gasteiger charge is -2.14. The van der Waals surface area contributed by atoms with Crippen molar-refractivity contribution in [3.05, 3.63) is 29.6 Å². The maximum atomic E-state index is 13.3. The van der Waals surface area contributed by atoms with Crippen LogP contribution in [0, 0.1) is 5.82 Å². The van der Waals surface area contributed by atoms with Gasteiger partial charge in [0.2, 0.25) is 0 Å². The number of halogens is 1. The average molecular weight is 240 g/mol. The molecule has 1 aromatic rings. The van der Waals surface area contributed by atoms with Gasteiger partial charge in [0.25, 0.3) is 5.91 Å². The minimum absolute atomic E-state index is 0.299. The highest BCUT2D eigenvalue weighted by molar-refractivity contribution is 5.97. The molecule has 17 heavy (non-hydrogen) atoms. The summed E-state index contributed by atoms with van der Waals surface area (Å²) in [6.45, 7) is 3.97. The van der Waals surface area contributed by atoms with Gasteiger partial charge in [-0.05, 0) is 25.7 Å². The van der Waals surface area contributed by atoms with Gasteiger partial charge in [-0.15, -0.1) is 0 Å². The van der Waals surface area contributed by atoms with E-state index in [1.807, 2.05) is 18.9 Å². The average Bonchev–Trinajstić information content (AvgIpc) is 2.28. The minimum Gasteiger partial charge on any atom is -0.507 e. The Kier molecular flexibility index (Phi) is 4.90. The van der Waals surface area contributed by atoms with Gasteiger partial charge in [0.1, 0.15) is 17.1 Å². The summed E-state index contributed by atoms with van der Waals surface area (Å²) in [6.07, 6.45) is 0. The van der Waals surface area contributed by atoms with Crippen LogP contribution in [0.5, 0.6) is 5.75 Å². The first-order chi connectivity index (χ1) is 8.06. The fourth-order valence-electron chi connectivity index (χ4n) is 1.34. The lowest BCUT2D eigenvalue weighted by Crippen LogP contribution is -2.33. The second kappa shape index (κ2) is 6.20. The van der Waals surface area contributed by atoms with E-state index in [9.17, 15) is 14.3 Å². The number of phenols is 1.